The van der Waals surface area contributed by atoms with Crippen molar-refractivity contribution < 1.29 is 4.74 Å². The zero-order valence-electron chi connectivity index (χ0n) is 8.92. The van der Waals surface area contributed by atoms with E-state index < -0.39 is 0 Å². The van der Waals surface area contributed by atoms with Crippen molar-refractivity contribution in [2.75, 3.05) is 13.7 Å². The summed E-state index contributed by atoms with van der Waals surface area (Å²) >= 11 is 3.44. The highest BCUT2D eigenvalue weighted by molar-refractivity contribution is 9.10. The molecule has 1 aromatic rings. The number of nitrogens with one attached hydrogen (secondary N) is 1. The van der Waals surface area contributed by atoms with E-state index in [9.17, 15) is 0 Å². The highest BCUT2D eigenvalue weighted by atomic mass is 79.9. The molecule has 15 heavy (non-hydrogen) atoms. The molecule has 0 saturated heterocycles. The van der Waals surface area contributed by atoms with Crippen molar-refractivity contribution in [2.24, 2.45) is 5.92 Å². The van der Waals surface area contributed by atoms with Crippen LogP contribution in [0.1, 0.15) is 18.4 Å². The number of hydrogen-bond donors (Lipinski definition) is 1. The van der Waals surface area contributed by atoms with Gasteiger partial charge in [0.15, 0.2) is 0 Å². The second-order valence-electron chi connectivity index (χ2n) is 4.03. The first-order valence-electron chi connectivity index (χ1n) is 5.32. The van der Waals surface area contributed by atoms with E-state index in [1.165, 1.54) is 18.4 Å². The minimum absolute atomic E-state index is 0.896. The fraction of sp³-hybridized carbons (Fsp3) is 0.500. The van der Waals surface area contributed by atoms with Crippen molar-refractivity contribution in [3.63, 3.8) is 0 Å². The lowest BCUT2D eigenvalue weighted by atomic mass is 10.2. The van der Waals surface area contributed by atoms with Gasteiger partial charge in [-0.25, -0.2) is 0 Å². The van der Waals surface area contributed by atoms with Gasteiger partial charge in [-0.2, -0.15) is 0 Å². The predicted octanol–water partition coefficient (Wildman–Crippen LogP) is 2.96. The average molecular weight is 270 g/mol. The van der Waals surface area contributed by atoms with Gasteiger partial charge in [-0.15, -0.1) is 0 Å². The molecule has 1 saturated carbocycles. The summed E-state index contributed by atoms with van der Waals surface area (Å²) in [5, 5.41) is 3.46. The van der Waals surface area contributed by atoms with Crippen LogP contribution in [0.3, 0.4) is 0 Å². The van der Waals surface area contributed by atoms with Gasteiger partial charge in [-0.1, -0.05) is 22.0 Å². The van der Waals surface area contributed by atoms with E-state index in [0.717, 1.165) is 29.2 Å². The van der Waals surface area contributed by atoms with Gasteiger partial charge < -0.3 is 10.1 Å². The molecular weight excluding hydrogens is 254 g/mol. The lowest BCUT2D eigenvalue weighted by Gasteiger charge is -2.09. The van der Waals surface area contributed by atoms with Gasteiger partial charge in [0.2, 0.25) is 0 Å². The zero-order valence-corrected chi connectivity index (χ0v) is 10.5. The molecule has 2 nitrogen and oxygen atoms in total. The van der Waals surface area contributed by atoms with Crippen LogP contribution in [-0.2, 0) is 6.54 Å². The van der Waals surface area contributed by atoms with E-state index in [-0.39, 0.29) is 0 Å². The molecule has 1 fully saturated rings. The minimum Gasteiger partial charge on any atom is -0.496 e. The molecule has 1 aliphatic rings. The van der Waals surface area contributed by atoms with Crippen molar-refractivity contribution in [2.45, 2.75) is 19.4 Å². The van der Waals surface area contributed by atoms with E-state index in [4.69, 9.17) is 4.74 Å². The molecule has 1 aromatic carbocycles. The highest BCUT2D eigenvalue weighted by Gasteiger charge is 2.20. The fourth-order valence-electron chi connectivity index (χ4n) is 1.60. The number of halogens is 1. The minimum atomic E-state index is 0.896. The van der Waals surface area contributed by atoms with Gasteiger partial charge in [0.25, 0.3) is 0 Å². The summed E-state index contributed by atoms with van der Waals surface area (Å²) in [7, 11) is 1.71. The lowest BCUT2D eigenvalue weighted by Crippen LogP contribution is -2.16. The number of ether oxygens (including phenoxy) is 1. The van der Waals surface area contributed by atoms with Gasteiger partial charge in [0, 0.05) is 16.6 Å². The largest absolute Gasteiger partial charge is 0.496 e. The van der Waals surface area contributed by atoms with Crippen molar-refractivity contribution in [3.8, 4) is 5.75 Å². The Kier molecular flexibility index (Phi) is 3.65. The third-order valence-electron chi connectivity index (χ3n) is 2.69. The highest BCUT2D eigenvalue weighted by Crippen LogP contribution is 2.28. The molecule has 2 rings (SSSR count). The zero-order chi connectivity index (χ0) is 10.7. The Morgan fingerprint density at radius 2 is 2.27 bits per heavy atom. The summed E-state index contributed by atoms with van der Waals surface area (Å²) in [4.78, 5) is 0. The smallest absolute Gasteiger partial charge is 0.124 e. The maximum absolute atomic E-state index is 5.33. The Balaban J connectivity index is 1.92. The summed E-state index contributed by atoms with van der Waals surface area (Å²) in [6.45, 7) is 2.03. The summed E-state index contributed by atoms with van der Waals surface area (Å²) < 4.78 is 6.39. The van der Waals surface area contributed by atoms with E-state index >= 15 is 0 Å². The molecule has 82 valence electrons. The second-order valence-corrected chi connectivity index (χ2v) is 4.95. The molecule has 0 amide bonds. The fourth-order valence-corrected chi connectivity index (χ4v) is 1.94. The van der Waals surface area contributed by atoms with Gasteiger partial charge in [0.1, 0.15) is 5.75 Å². The topological polar surface area (TPSA) is 21.3 Å². The van der Waals surface area contributed by atoms with Crippen LogP contribution in [0, 0.1) is 5.92 Å². The van der Waals surface area contributed by atoms with Crippen molar-refractivity contribution >= 4 is 15.9 Å². The van der Waals surface area contributed by atoms with Crippen LogP contribution in [0.25, 0.3) is 0 Å². The maximum Gasteiger partial charge on any atom is 0.124 e. The second kappa shape index (κ2) is 4.99. The Morgan fingerprint density at radius 3 is 2.93 bits per heavy atom. The molecule has 1 aliphatic carbocycles. The van der Waals surface area contributed by atoms with Crippen molar-refractivity contribution in [1.29, 1.82) is 0 Å². The molecule has 0 aromatic heterocycles. The molecule has 3 heteroatoms. The first-order valence-corrected chi connectivity index (χ1v) is 6.12. The molecule has 0 atom stereocenters. The Bertz CT molecular complexity index is 336. The van der Waals surface area contributed by atoms with E-state index in [1.54, 1.807) is 7.11 Å². The lowest BCUT2D eigenvalue weighted by molar-refractivity contribution is 0.407. The maximum atomic E-state index is 5.33. The number of hydrogen-bond acceptors (Lipinski definition) is 2. The van der Waals surface area contributed by atoms with Gasteiger partial charge >= 0.3 is 0 Å². The normalized spacial score (nSPS) is 15.3. The van der Waals surface area contributed by atoms with E-state index in [2.05, 4.69) is 33.4 Å². The van der Waals surface area contributed by atoms with Crippen LogP contribution >= 0.6 is 15.9 Å². The first-order chi connectivity index (χ1) is 7.29. The number of benzene rings is 1. The molecule has 0 heterocycles. The molecule has 1 N–H and O–H groups in total. The quantitative estimate of drug-likeness (QED) is 0.888. The SMILES string of the molecule is COc1cc(Br)ccc1CNCC1CC1. The molecule has 0 spiro atoms. The summed E-state index contributed by atoms with van der Waals surface area (Å²) in [6, 6.07) is 6.16. The van der Waals surface area contributed by atoms with Crippen LogP contribution < -0.4 is 10.1 Å². The Morgan fingerprint density at radius 1 is 1.47 bits per heavy atom. The van der Waals surface area contributed by atoms with Crippen LogP contribution in [0.4, 0.5) is 0 Å². The molecular formula is C12H16BrNO. The summed E-state index contributed by atoms with van der Waals surface area (Å²) in [5.41, 5.74) is 1.22. The Labute approximate surface area is 99.1 Å². The molecule has 0 unspecified atom stereocenters. The average Bonchev–Trinajstić information content (AvgIpc) is 3.04. The van der Waals surface area contributed by atoms with E-state index in [0.29, 0.717) is 0 Å². The third-order valence-corrected chi connectivity index (χ3v) is 3.19. The van der Waals surface area contributed by atoms with Gasteiger partial charge in [-0.05, 0) is 37.4 Å². The van der Waals surface area contributed by atoms with Crippen LogP contribution in [0.5, 0.6) is 5.75 Å². The van der Waals surface area contributed by atoms with Crippen molar-refractivity contribution in [3.05, 3.63) is 28.2 Å². The van der Waals surface area contributed by atoms with Crippen LogP contribution in [-0.4, -0.2) is 13.7 Å². The third kappa shape index (κ3) is 3.21. The van der Waals surface area contributed by atoms with Crippen LogP contribution in [0.15, 0.2) is 22.7 Å². The number of rotatable bonds is 5. The standard InChI is InChI=1S/C12H16BrNO/c1-15-12-6-11(13)5-4-10(12)8-14-7-9-2-3-9/h4-6,9,14H,2-3,7-8H2,1H3. The van der Waals surface area contributed by atoms with Crippen LogP contribution in [0.2, 0.25) is 0 Å². The van der Waals surface area contributed by atoms with Crippen molar-refractivity contribution in [1.82, 2.24) is 5.32 Å². The molecule has 0 bridgehead atoms. The monoisotopic (exact) mass is 269 g/mol. The predicted molar refractivity (Wildman–Crippen MR) is 65.1 cm³/mol. The Hall–Kier alpha value is -0.540. The number of methoxy groups -OCH3 is 1. The van der Waals surface area contributed by atoms with Gasteiger partial charge in [0.05, 0.1) is 7.11 Å². The summed E-state index contributed by atoms with van der Waals surface area (Å²) in [5.74, 6) is 1.87. The van der Waals surface area contributed by atoms with Gasteiger partial charge in [-0.3, -0.25) is 0 Å². The van der Waals surface area contributed by atoms with E-state index in [1.807, 2.05) is 6.07 Å². The summed E-state index contributed by atoms with van der Waals surface area (Å²) in [6.07, 6.45) is 2.79. The first kappa shape index (κ1) is 11.0. The molecule has 0 aliphatic heterocycles. The molecule has 0 radical (unpaired) electrons.